The zero-order valence-corrected chi connectivity index (χ0v) is 13.4. The zero-order valence-electron chi connectivity index (χ0n) is 13.4. The standard InChI is InChI=1S/C10H15N5.C3H8.C2H6/c1-7(12)14-15-10(13)9-4-2-8(6-11)3-5-9;1-3-2;1-2/h2-5H,6,11H2,1H3,(H2,12,14)(H2,13,15);3H2,1-2H3;1-2H3. The van der Waals surface area contributed by atoms with Gasteiger partial charge in [-0.1, -0.05) is 58.4 Å². The van der Waals surface area contributed by atoms with Crippen LogP contribution in [0.4, 0.5) is 0 Å². The van der Waals surface area contributed by atoms with Crippen molar-refractivity contribution in [1.29, 1.82) is 0 Å². The topological polar surface area (TPSA) is 103 Å². The first-order valence-corrected chi connectivity index (χ1v) is 6.97. The van der Waals surface area contributed by atoms with Crippen molar-refractivity contribution in [3.8, 4) is 0 Å². The second-order valence-corrected chi connectivity index (χ2v) is 3.83. The normalized spacial score (nSPS) is 10.9. The highest BCUT2D eigenvalue weighted by Crippen LogP contribution is 2.03. The highest BCUT2D eigenvalue weighted by molar-refractivity contribution is 5.97. The van der Waals surface area contributed by atoms with E-state index in [-0.39, 0.29) is 0 Å². The molecule has 0 fully saturated rings. The Hall–Kier alpha value is -1.88. The summed E-state index contributed by atoms with van der Waals surface area (Å²) in [6.07, 6.45) is 1.25. The molecule has 5 heteroatoms. The molecule has 6 N–H and O–H groups in total. The Morgan fingerprint density at radius 3 is 1.80 bits per heavy atom. The molecule has 1 rings (SSSR count). The third-order valence-electron chi connectivity index (χ3n) is 1.80. The van der Waals surface area contributed by atoms with Crippen LogP contribution in [0.15, 0.2) is 34.5 Å². The van der Waals surface area contributed by atoms with E-state index in [9.17, 15) is 0 Å². The molecule has 0 saturated carbocycles. The first-order valence-electron chi connectivity index (χ1n) is 6.97. The summed E-state index contributed by atoms with van der Waals surface area (Å²) in [5.41, 5.74) is 18.4. The number of nitrogens with zero attached hydrogens (tertiary/aromatic N) is 2. The highest BCUT2D eigenvalue weighted by atomic mass is 15.2. The van der Waals surface area contributed by atoms with Gasteiger partial charge in [0.25, 0.3) is 0 Å². The maximum atomic E-state index is 5.69. The molecule has 0 aromatic heterocycles. The lowest BCUT2D eigenvalue weighted by Crippen LogP contribution is -2.14. The van der Waals surface area contributed by atoms with E-state index >= 15 is 0 Å². The predicted molar refractivity (Wildman–Crippen MR) is 89.7 cm³/mol. The summed E-state index contributed by atoms with van der Waals surface area (Å²) >= 11 is 0. The Kier molecular flexibility index (Phi) is 13.8. The molecule has 5 nitrogen and oxygen atoms in total. The SMILES string of the molecule is C/C(N)=N/N=C(\N)c1ccc(CN)cc1.CC.CCC. The summed E-state index contributed by atoms with van der Waals surface area (Å²) in [6, 6.07) is 7.50. The van der Waals surface area contributed by atoms with E-state index in [4.69, 9.17) is 17.2 Å². The van der Waals surface area contributed by atoms with Gasteiger partial charge in [-0.3, -0.25) is 0 Å². The minimum atomic E-state index is 0.336. The summed E-state index contributed by atoms with van der Waals surface area (Å²) in [5.74, 6) is 0.708. The molecule has 0 aliphatic heterocycles. The predicted octanol–water partition coefficient (Wildman–Crippen LogP) is 2.59. The Morgan fingerprint density at radius 2 is 1.45 bits per heavy atom. The van der Waals surface area contributed by atoms with Crippen molar-refractivity contribution in [3.63, 3.8) is 0 Å². The molecule has 1 aromatic rings. The minimum absolute atomic E-state index is 0.336. The van der Waals surface area contributed by atoms with Crippen molar-refractivity contribution in [2.75, 3.05) is 0 Å². The van der Waals surface area contributed by atoms with Crippen LogP contribution < -0.4 is 17.2 Å². The average Bonchev–Trinajstić information content (AvgIpc) is 2.47. The summed E-state index contributed by atoms with van der Waals surface area (Å²) in [6.45, 7) is 10.4. The van der Waals surface area contributed by atoms with Crippen molar-refractivity contribution < 1.29 is 0 Å². The van der Waals surface area contributed by atoms with Gasteiger partial charge in [0.2, 0.25) is 0 Å². The summed E-state index contributed by atoms with van der Waals surface area (Å²) in [4.78, 5) is 0. The fourth-order valence-corrected chi connectivity index (χ4v) is 1.00. The van der Waals surface area contributed by atoms with E-state index in [2.05, 4.69) is 24.1 Å². The van der Waals surface area contributed by atoms with E-state index in [1.807, 2.05) is 38.1 Å². The fraction of sp³-hybridized carbons (Fsp3) is 0.467. The van der Waals surface area contributed by atoms with Gasteiger partial charge in [0, 0.05) is 12.1 Å². The first-order chi connectivity index (χ1) is 9.54. The van der Waals surface area contributed by atoms with Crippen molar-refractivity contribution in [2.24, 2.45) is 27.4 Å². The van der Waals surface area contributed by atoms with Gasteiger partial charge in [0.1, 0.15) is 5.84 Å². The van der Waals surface area contributed by atoms with Gasteiger partial charge in [0.15, 0.2) is 5.84 Å². The van der Waals surface area contributed by atoms with Crippen molar-refractivity contribution in [2.45, 2.75) is 47.6 Å². The largest absolute Gasteiger partial charge is 0.386 e. The molecule has 114 valence electrons. The molecule has 20 heavy (non-hydrogen) atoms. The van der Waals surface area contributed by atoms with Crippen LogP contribution in [-0.4, -0.2) is 11.7 Å². The molecule has 0 spiro atoms. The van der Waals surface area contributed by atoms with Crippen LogP contribution in [0.1, 0.15) is 52.2 Å². The number of benzene rings is 1. The molecule has 0 heterocycles. The molecule has 0 aliphatic carbocycles. The molecular weight excluding hydrogens is 250 g/mol. The van der Waals surface area contributed by atoms with Gasteiger partial charge in [-0.15, -0.1) is 10.2 Å². The molecule has 0 amide bonds. The lowest BCUT2D eigenvalue weighted by molar-refractivity contribution is 1.07. The number of nitrogens with two attached hydrogens (primary N) is 3. The summed E-state index contributed by atoms with van der Waals surface area (Å²) in [7, 11) is 0. The Morgan fingerprint density at radius 1 is 1.00 bits per heavy atom. The number of hydrogen-bond donors (Lipinski definition) is 3. The molecule has 0 radical (unpaired) electrons. The zero-order chi connectivity index (χ0) is 16.0. The molecule has 0 bridgehead atoms. The van der Waals surface area contributed by atoms with Gasteiger partial charge < -0.3 is 17.2 Å². The van der Waals surface area contributed by atoms with Crippen LogP contribution in [0.2, 0.25) is 0 Å². The Bertz CT molecular complexity index is 389. The van der Waals surface area contributed by atoms with Crippen LogP contribution in [0.5, 0.6) is 0 Å². The molecule has 0 unspecified atom stereocenters. The lowest BCUT2D eigenvalue weighted by Gasteiger charge is -2.00. The molecular formula is C15H29N5. The Labute approximate surface area is 123 Å². The summed E-state index contributed by atoms with van der Waals surface area (Å²) < 4.78 is 0. The quantitative estimate of drug-likeness (QED) is 0.450. The summed E-state index contributed by atoms with van der Waals surface area (Å²) in [5, 5.41) is 7.45. The molecule has 1 aromatic carbocycles. The molecule has 0 atom stereocenters. The van der Waals surface area contributed by atoms with Gasteiger partial charge in [0.05, 0.1) is 0 Å². The molecule has 0 aliphatic rings. The van der Waals surface area contributed by atoms with Crippen molar-refractivity contribution in [3.05, 3.63) is 35.4 Å². The van der Waals surface area contributed by atoms with E-state index in [1.54, 1.807) is 6.92 Å². The van der Waals surface area contributed by atoms with Crippen LogP contribution in [-0.2, 0) is 6.54 Å². The Balaban J connectivity index is 0. The van der Waals surface area contributed by atoms with Gasteiger partial charge in [-0.2, -0.15) is 0 Å². The van der Waals surface area contributed by atoms with Crippen molar-refractivity contribution >= 4 is 11.7 Å². The third kappa shape index (κ3) is 10.1. The van der Waals surface area contributed by atoms with Gasteiger partial charge in [-0.05, 0) is 12.5 Å². The number of rotatable bonds is 3. The van der Waals surface area contributed by atoms with Crippen LogP contribution in [0.3, 0.4) is 0 Å². The first kappa shape index (κ1) is 20.4. The van der Waals surface area contributed by atoms with Crippen LogP contribution in [0.25, 0.3) is 0 Å². The van der Waals surface area contributed by atoms with E-state index in [0.717, 1.165) is 11.1 Å². The average molecular weight is 279 g/mol. The fourth-order valence-electron chi connectivity index (χ4n) is 1.00. The smallest absolute Gasteiger partial charge is 0.153 e. The highest BCUT2D eigenvalue weighted by Gasteiger charge is 1.97. The monoisotopic (exact) mass is 279 g/mol. The van der Waals surface area contributed by atoms with Crippen LogP contribution >= 0.6 is 0 Å². The van der Waals surface area contributed by atoms with E-state index in [1.165, 1.54) is 6.42 Å². The second kappa shape index (κ2) is 13.5. The van der Waals surface area contributed by atoms with Gasteiger partial charge >= 0.3 is 0 Å². The number of hydrogen-bond acceptors (Lipinski definition) is 3. The minimum Gasteiger partial charge on any atom is -0.386 e. The maximum absolute atomic E-state index is 5.69. The maximum Gasteiger partial charge on any atom is 0.153 e. The lowest BCUT2D eigenvalue weighted by atomic mass is 10.1. The number of amidine groups is 2. The van der Waals surface area contributed by atoms with E-state index < -0.39 is 0 Å². The third-order valence-corrected chi connectivity index (χ3v) is 1.80. The molecule has 0 saturated heterocycles. The second-order valence-electron chi connectivity index (χ2n) is 3.83. The van der Waals surface area contributed by atoms with E-state index in [0.29, 0.717) is 18.2 Å². The van der Waals surface area contributed by atoms with Crippen LogP contribution in [0, 0.1) is 0 Å². The van der Waals surface area contributed by atoms with Gasteiger partial charge in [-0.25, -0.2) is 0 Å². The van der Waals surface area contributed by atoms with Crippen molar-refractivity contribution in [1.82, 2.24) is 0 Å².